The van der Waals surface area contributed by atoms with Gasteiger partial charge < -0.3 is 14.5 Å². The number of hydrogen-bond donors (Lipinski definition) is 1. The zero-order valence-electron chi connectivity index (χ0n) is 17.4. The molecule has 0 radical (unpaired) electrons. The van der Waals surface area contributed by atoms with Gasteiger partial charge in [0.1, 0.15) is 11.6 Å². The van der Waals surface area contributed by atoms with Crippen molar-refractivity contribution in [1.82, 2.24) is 14.8 Å². The van der Waals surface area contributed by atoms with Crippen LogP contribution in [0.4, 0.5) is 4.39 Å². The van der Waals surface area contributed by atoms with Gasteiger partial charge in [-0.25, -0.2) is 4.39 Å². The van der Waals surface area contributed by atoms with Crippen molar-refractivity contribution in [1.29, 1.82) is 0 Å². The van der Waals surface area contributed by atoms with Gasteiger partial charge in [0.25, 0.3) is 0 Å². The largest absolute Gasteiger partial charge is 0.497 e. The van der Waals surface area contributed by atoms with Crippen LogP contribution in [-0.4, -0.2) is 29.0 Å². The van der Waals surface area contributed by atoms with Crippen molar-refractivity contribution in [2.75, 3.05) is 14.2 Å². The predicted octanol–water partition coefficient (Wildman–Crippen LogP) is 4.41. The maximum atomic E-state index is 14.1. The monoisotopic (exact) mass is 401 g/mol. The number of fused-ring (bicyclic) bond motifs is 1. The van der Waals surface area contributed by atoms with E-state index in [0.29, 0.717) is 22.9 Å². The van der Waals surface area contributed by atoms with Gasteiger partial charge in [0, 0.05) is 36.1 Å². The molecule has 2 aromatic rings. The fourth-order valence-corrected chi connectivity index (χ4v) is 2.90. The van der Waals surface area contributed by atoms with Gasteiger partial charge in [0.15, 0.2) is 11.3 Å². The third kappa shape index (κ3) is 6.20. The third-order valence-corrected chi connectivity index (χ3v) is 4.35. The molecule has 3 rings (SSSR count). The number of aryl methyl sites for hydroxylation is 2. The minimum absolute atomic E-state index is 0.0504. The van der Waals surface area contributed by atoms with E-state index in [2.05, 4.69) is 10.1 Å². The number of allylic oxidation sites excluding steroid dienone is 5. The molecule has 0 fully saturated rings. The van der Waals surface area contributed by atoms with Crippen LogP contribution < -0.4 is 10.2 Å². The topological polar surface area (TPSA) is 69.1 Å². The SMILES string of the molecule is COc1cc(=O)cc[nH]1.C\C=C(F)/C(=C\C(=C\CC)OC)c1cc2n(n1)CCC2. The highest BCUT2D eigenvalue weighted by Crippen LogP contribution is 2.28. The molecular formula is C22H28FN3O3. The Bertz CT molecular complexity index is 933. The van der Waals surface area contributed by atoms with Crippen LogP contribution in [0.25, 0.3) is 5.57 Å². The minimum Gasteiger partial charge on any atom is -0.497 e. The van der Waals surface area contributed by atoms with Crippen LogP contribution >= 0.6 is 0 Å². The standard InChI is InChI=1S/C16H21FN2O.C6H7NO2/c1-4-7-13(20-3)11-14(15(17)5-2)16-10-12-8-6-9-19(12)18-16;1-9-6-4-5(8)2-3-7-6/h5,7,10-11H,4,6,8-9H2,1-3H3;2-4H,1H3,(H,7,8)/b13-7-,14-11+,15-5+;. The molecule has 1 aliphatic rings. The molecule has 29 heavy (non-hydrogen) atoms. The van der Waals surface area contributed by atoms with Crippen LogP contribution in [0.5, 0.6) is 5.88 Å². The Hall–Kier alpha value is -3.09. The van der Waals surface area contributed by atoms with Gasteiger partial charge >= 0.3 is 0 Å². The van der Waals surface area contributed by atoms with Gasteiger partial charge in [0.05, 0.1) is 19.9 Å². The van der Waals surface area contributed by atoms with E-state index in [1.807, 2.05) is 23.7 Å². The number of aromatic amines is 1. The molecule has 2 aromatic heterocycles. The molecule has 7 heteroatoms. The van der Waals surface area contributed by atoms with Crippen molar-refractivity contribution in [3.05, 3.63) is 75.8 Å². The predicted molar refractivity (Wildman–Crippen MR) is 112 cm³/mol. The molecular weight excluding hydrogens is 373 g/mol. The van der Waals surface area contributed by atoms with Crippen molar-refractivity contribution in [3.8, 4) is 5.88 Å². The second-order valence-electron chi connectivity index (χ2n) is 6.35. The highest BCUT2D eigenvalue weighted by molar-refractivity contribution is 5.76. The Morgan fingerprint density at radius 2 is 2.17 bits per heavy atom. The number of methoxy groups -OCH3 is 2. The number of nitrogens with one attached hydrogen (secondary N) is 1. The van der Waals surface area contributed by atoms with Crippen LogP contribution in [0.3, 0.4) is 0 Å². The van der Waals surface area contributed by atoms with Crippen LogP contribution in [0.2, 0.25) is 0 Å². The molecule has 0 atom stereocenters. The average Bonchev–Trinajstić information content (AvgIpc) is 3.33. The summed E-state index contributed by atoms with van der Waals surface area (Å²) >= 11 is 0. The first kappa shape index (κ1) is 22.2. The molecule has 0 spiro atoms. The maximum Gasteiger partial charge on any atom is 0.194 e. The van der Waals surface area contributed by atoms with E-state index < -0.39 is 0 Å². The van der Waals surface area contributed by atoms with Gasteiger partial charge in [-0.1, -0.05) is 13.0 Å². The van der Waals surface area contributed by atoms with E-state index in [0.717, 1.165) is 25.8 Å². The first-order chi connectivity index (χ1) is 14.0. The molecule has 156 valence electrons. The first-order valence-electron chi connectivity index (χ1n) is 9.60. The summed E-state index contributed by atoms with van der Waals surface area (Å²) < 4.78 is 26.1. The lowest BCUT2D eigenvalue weighted by Gasteiger charge is -2.05. The van der Waals surface area contributed by atoms with Gasteiger partial charge in [-0.05, 0) is 44.4 Å². The Morgan fingerprint density at radius 1 is 1.38 bits per heavy atom. The molecule has 0 amide bonds. The van der Waals surface area contributed by atoms with Crippen LogP contribution in [0.15, 0.2) is 59.0 Å². The second kappa shape index (κ2) is 11.0. The molecule has 0 saturated heterocycles. The van der Waals surface area contributed by atoms with E-state index in [4.69, 9.17) is 9.47 Å². The average molecular weight is 401 g/mol. The van der Waals surface area contributed by atoms with Crippen molar-refractivity contribution in [2.45, 2.75) is 39.7 Å². The van der Waals surface area contributed by atoms with Crippen molar-refractivity contribution in [2.24, 2.45) is 0 Å². The third-order valence-electron chi connectivity index (χ3n) is 4.35. The summed E-state index contributed by atoms with van der Waals surface area (Å²) in [5, 5.41) is 4.49. The molecule has 0 aliphatic carbocycles. The summed E-state index contributed by atoms with van der Waals surface area (Å²) in [6.07, 6.45) is 9.61. The van der Waals surface area contributed by atoms with E-state index in [-0.39, 0.29) is 11.3 Å². The molecule has 6 nitrogen and oxygen atoms in total. The summed E-state index contributed by atoms with van der Waals surface area (Å²) in [5.74, 6) is 0.871. The van der Waals surface area contributed by atoms with E-state index >= 15 is 0 Å². The van der Waals surface area contributed by atoms with Gasteiger partial charge in [0.2, 0.25) is 0 Å². The lowest BCUT2D eigenvalue weighted by atomic mass is 10.1. The second-order valence-corrected chi connectivity index (χ2v) is 6.35. The highest BCUT2D eigenvalue weighted by atomic mass is 19.1. The molecule has 0 unspecified atom stereocenters. The van der Waals surface area contributed by atoms with Gasteiger partial charge in [-0.2, -0.15) is 5.10 Å². The molecule has 3 heterocycles. The minimum atomic E-state index is -0.277. The number of halogens is 1. The molecule has 0 aromatic carbocycles. The number of pyridine rings is 1. The zero-order valence-corrected chi connectivity index (χ0v) is 17.4. The van der Waals surface area contributed by atoms with Gasteiger partial charge in [-0.15, -0.1) is 0 Å². The van der Waals surface area contributed by atoms with Crippen LogP contribution in [-0.2, 0) is 17.7 Å². The molecule has 1 N–H and O–H groups in total. The normalized spacial score (nSPS) is 14.2. The van der Waals surface area contributed by atoms with Crippen LogP contribution in [0, 0.1) is 0 Å². The quantitative estimate of drug-likeness (QED) is 0.575. The maximum absolute atomic E-state index is 14.1. The first-order valence-corrected chi connectivity index (χ1v) is 9.60. The Kier molecular flexibility index (Phi) is 8.45. The smallest absolute Gasteiger partial charge is 0.194 e. The van der Waals surface area contributed by atoms with E-state index in [9.17, 15) is 9.18 Å². The van der Waals surface area contributed by atoms with Gasteiger partial charge in [-0.3, -0.25) is 9.48 Å². The van der Waals surface area contributed by atoms with Crippen LogP contribution in [0.1, 0.15) is 38.1 Å². The number of nitrogens with zero attached hydrogens (tertiary/aromatic N) is 2. The molecule has 1 aliphatic heterocycles. The number of rotatable bonds is 6. The fraction of sp³-hybridized carbons (Fsp3) is 0.364. The molecule has 0 saturated carbocycles. The summed E-state index contributed by atoms with van der Waals surface area (Å²) in [7, 11) is 3.10. The summed E-state index contributed by atoms with van der Waals surface area (Å²) in [6.45, 7) is 4.62. The fourth-order valence-electron chi connectivity index (χ4n) is 2.90. The number of H-pyrrole nitrogens is 1. The lowest BCUT2D eigenvalue weighted by Crippen LogP contribution is -1.98. The Morgan fingerprint density at radius 3 is 2.72 bits per heavy atom. The van der Waals surface area contributed by atoms with E-state index in [1.165, 1.54) is 31.0 Å². The van der Waals surface area contributed by atoms with Crippen molar-refractivity contribution < 1.29 is 13.9 Å². The number of aromatic nitrogens is 3. The Labute approximate surface area is 170 Å². The summed E-state index contributed by atoms with van der Waals surface area (Å²) in [6, 6.07) is 4.80. The lowest BCUT2D eigenvalue weighted by molar-refractivity contribution is 0.305. The summed E-state index contributed by atoms with van der Waals surface area (Å²) in [4.78, 5) is 13.3. The van der Waals surface area contributed by atoms with Crippen molar-refractivity contribution in [3.63, 3.8) is 0 Å². The Balaban J connectivity index is 0.000000278. The number of ether oxygens (including phenoxy) is 2. The zero-order chi connectivity index (χ0) is 21.2. The number of hydrogen-bond acceptors (Lipinski definition) is 4. The van der Waals surface area contributed by atoms with Crippen molar-refractivity contribution >= 4 is 5.57 Å². The highest BCUT2D eigenvalue weighted by Gasteiger charge is 2.18. The van der Waals surface area contributed by atoms with E-state index in [1.54, 1.807) is 26.3 Å². The summed E-state index contributed by atoms with van der Waals surface area (Å²) in [5.41, 5.74) is 2.28. The molecule has 0 bridgehead atoms.